The highest BCUT2D eigenvalue weighted by atomic mass is 79.9. The summed E-state index contributed by atoms with van der Waals surface area (Å²) in [7, 11) is 0. The minimum Gasteiger partial charge on any atom is -0.392 e. The molecular formula is C8H8BrF2NO2. The van der Waals surface area contributed by atoms with Crippen LogP contribution in [0.4, 0.5) is 8.78 Å². The van der Waals surface area contributed by atoms with Gasteiger partial charge >= 0.3 is 0 Å². The number of hydrogen-bond donors (Lipinski definition) is 2. The lowest BCUT2D eigenvalue weighted by Crippen LogP contribution is -2.13. The summed E-state index contributed by atoms with van der Waals surface area (Å²) < 4.78 is 24.9. The fourth-order valence-electron chi connectivity index (χ4n) is 1.16. The van der Waals surface area contributed by atoms with E-state index in [0.717, 1.165) is 6.07 Å². The van der Waals surface area contributed by atoms with Gasteiger partial charge in [0.05, 0.1) is 6.61 Å². The highest BCUT2D eigenvalue weighted by Gasteiger charge is 2.16. The zero-order valence-corrected chi connectivity index (χ0v) is 8.64. The zero-order chi connectivity index (χ0) is 10.7. The molecule has 0 bridgehead atoms. The van der Waals surface area contributed by atoms with Crippen LogP contribution >= 0.6 is 15.9 Å². The standard InChI is InChI=1S/C8H8BrF2NO2/c9-2-6-5(3-13)4(8(10)11)1-7(14)12-6/h1,8,13H,2-3H2,(H,12,14). The lowest BCUT2D eigenvalue weighted by atomic mass is 10.1. The van der Waals surface area contributed by atoms with Crippen LogP contribution in [0.15, 0.2) is 10.9 Å². The Balaban J connectivity index is 3.39. The molecule has 1 aromatic heterocycles. The zero-order valence-electron chi connectivity index (χ0n) is 7.06. The van der Waals surface area contributed by atoms with Crippen molar-refractivity contribution >= 4 is 15.9 Å². The largest absolute Gasteiger partial charge is 0.392 e. The van der Waals surface area contributed by atoms with E-state index in [1.165, 1.54) is 0 Å². The molecule has 14 heavy (non-hydrogen) atoms. The number of alkyl halides is 3. The van der Waals surface area contributed by atoms with Gasteiger partial charge in [-0.3, -0.25) is 4.79 Å². The van der Waals surface area contributed by atoms with Gasteiger partial charge in [-0.1, -0.05) is 15.9 Å². The van der Waals surface area contributed by atoms with Crippen LogP contribution in [0.5, 0.6) is 0 Å². The number of hydrogen-bond acceptors (Lipinski definition) is 2. The molecule has 3 nitrogen and oxygen atoms in total. The summed E-state index contributed by atoms with van der Waals surface area (Å²) in [5, 5.41) is 9.11. The quantitative estimate of drug-likeness (QED) is 0.820. The monoisotopic (exact) mass is 267 g/mol. The summed E-state index contributed by atoms with van der Waals surface area (Å²) in [4.78, 5) is 13.3. The third-order valence-electron chi connectivity index (χ3n) is 1.80. The van der Waals surface area contributed by atoms with E-state index in [9.17, 15) is 13.6 Å². The van der Waals surface area contributed by atoms with E-state index in [2.05, 4.69) is 20.9 Å². The lowest BCUT2D eigenvalue weighted by molar-refractivity contribution is 0.146. The Morgan fingerprint density at radius 2 is 2.21 bits per heavy atom. The SMILES string of the molecule is O=c1cc(C(F)F)c(CO)c(CBr)[nH]1. The van der Waals surface area contributed by atoms with E-state index in [0.29, 0.717) is 0 Å². The maximum atomic E-state index is 12.4. The van der Waals surface area contributed by atoms with Gasteiger partial charge in [0.2, 0.25) is 5.56 Å². The molecule has 0 spiro atoms. The van der Waals surface area contributed by atoms with Gasteiger partial charge in [0, 0.05) is 28.2 Å². The Hall–Kier alpha value is -0.750. The summed E-state index contributed by atoms with van der Waals surface area (Å²) >= 11 is 3.04. The number of pyridine rings is 1. The van der Waals surface area contributed by atoms with Gasteiger partial charge in [0.25, 0.3) is 6.43 Å². The Labute approximate surface area is 86.9 Å². The fraction of sp³-hybridized carbons (Fsp3) is 0.375. The molecule has 0 amide bonds. The van der Waals surface area contributed by atoms with Crippen LogP contribution in [-0.2, 0) is 11.9 Å². The number of rotatable bonds is 3. The summed E-state index contributed by atoms with van der Waals surface area (Å²) in [6.45, 7) is -0.516. The average Bonchev–Trinajstić information content (AvgIpc) is 2.16. The number of aromatic nitrogens is 1. The highest BCUT2D eigenvalue weighted by molar-refractivity contribution is 9.08. The molecule has 0 radical (unpaired) electrons. The molecule has 6 heteroatoms. The highest BCUT2D eigenvalue weighted by Crippen LogP contribution is 2.23. The van der Waals surface area contributed by atoms with Gasteiger partial charge in [0.15, 0.2) is 0 Å². The maximum Gasteiger partial charge on any atom is 0.264 e. The van der Waals surface area contributed by atoms with E-state index in [4.69, 9.17) is 5.11 Å². The van der Waals surface area contributed by atoms with Gasteiger partial charge in [-0.2, -0.15) is 0 Å². The Morgan fingerprint density at radius 3 is 2.64 bits per heavy atom. The molecule has 78 valence electrons. The van der Waals surface area contributed by atoms with Crippen LogP contribution < -0.4 is 5.56 Å². The average molecular weight is 268 g/mol. The third-order valence-corrected chi connectivity index (χ3v) is 2.36. The molecule has 0 saturated heterocycles. The first-order valence-electron chi connectivity index (χ1n) is 3.80. The molecule has 0 aliphatic carbocycles. The molecule has 0 aliphatic rings. The molecule has 0 atom stereocenters. The van der Waals surface area contributed by atoms with Crippen LogP contribution in [0.1, 0.15) is 23.2 Å². The number of H-pyrrole nitrogens is 1. The van der Waals surface area contributed by atoms with E-state index < -0.39 is 24.2 Å². The van der Waals surface area contributed by atoms with Crippen LogP contribution in [-0.4, -0.2) is 10.1 Å². The maximum absolute atomic E-state index is 12.4. The lowest BCUT2D eigenvalue weighted by Gasteiger charge is -2.09. The fourth-order valence-corrected chi connectivity index (χ4v) is 1.64. The predicted molar refractivity (Wildman–Crippen MR) is 50.6 cm³/mol. The van der Waals surface area contributed by atoms with Crippen molar-refractivity contribution in [2.45, 2.75) is 18.4 Å². The minimum atomic E-state index is -2.75. The molecule has 2 N–H and O–H groups in total. The van der Waals surface area contributed by atoms with Crippen molar-refractivity contribution in [3.05, 3.63) is 33.2 Å². The summed E-state index contributed by atoms with van der Waals surface area (Å²) in [6.07, 6.45) is -2.75. The first kappa shape index (κ1) is 11.3. The van der Waals surface area contributed by atoms with Gasteiger partial charge in [0.1, 0.15) is 0 Å². The van der Waals surface area contributed by atoms with E-state index in [1.54, 1.807) is 0 Å². The van der Waals surface area contributed by atoms with Gasteiger partial charge < -0.3 is 10.1 Å². The number of aromatic amines is 1. The topological polar surface area (TPSA) is 53.1 Å². The van der Waals surface area contributed by atoms with E-state index in [1.807, 2.05) is 0 Å². The summed E-state index contributed by atoms with van der Waals surface area (Å²) in [6, 6.07) is 0.808. The molecule has 1 heterocycles. The number of aliphatic hydroxyl groups is 1. The predicted octanol–water partition coefficient (Wildman–Crippen LogP) is 1.70. The molecule has 1 aromatic rings. The smallest absolute Gasteiger partial charge is 0.264 e. The van der Waals surface area contributed by atoms with E-state index in [-0.39, 0.29) is 16.6 Å². The van der Waals surface area contributed by atoms with Crippen molar-refractivity contribution in [3.8, 4) is 0 Å². The molecular weight excluding hydrogens is 260 g/mol. The molecule has 0 fully saturated rings. The van der Waals surface area contributed by atoms with Crippen molar-refractivity contribution in [3.63, 3.8) is 0 Å². The third kappa shape index (κ3) is 2.19. The van der Waals surface area contributed by atoms with Crippen LogP contribution in [0.3, 0.4) is 0 Å². The first-order chi connectivity index (χ1) is 6.60. The van der Waals surface area contributed by atoms with Crippen LogP contribution in [0, 0.1) is 0 Å². The number of nitrogens with one attached hydrogen (secondary N) is 1. The summed E-state index contributed by atoms with van der Waals surface area (Å²) in [5.41, 5.74) is -0.635. The van der Waals surface area contributed by atoms with E-state index >= 15 is 0 Å². The second-order valence-corrected chi connectivity index (χ2v) is 3.20. The molecule has 0 aliphatic heterocycles. The van der Waals surface area contributed by atoms with Crippen molar-refractivity contribution in [1.29, 1.82) is 0 Å². The molecule has 1 rings (SSSR count). The number of aliphatic hydroxyl groups excluding tert-OH is 1. The Kier molecular flexibility index (Phi) is 3.77. The minimum absolute atomic E-state index is 0.0801. The van der Waals surface area contributed by atoms with Crippen LogP contribution in [0.2, 0.25) is 0 Å². The van der Waals surface area contributed by atoms with Crippen molar-refractivity contribution in [1.82, 2.24) is 4.98 Å². The Morgan fingerprint density at radius 1 is 1.57 bits per heavy atom. The van der Waals surface area contributed by atoms with Crippen LogP contribution in [0.25, 0.3) is 0 Å². The van der Waals surface area contributed by atoms with Gasteiger partial charge in [-0.05, 0) is 0 Å². The van der Waals surface area contributed by atoms with Gasteiger partial charge in [-0.25, -0.2) is 8.78 Å². The first-order valence-corrected chi connectivity index (χ1v) is 4.92. The number of halogens is 3. The van der Waals surface area contributed by atoms with Crippen molar-refractivity contribution < 1.29 is 13.9 Å². The molecule has 0 saturated carbocycles. The normalized spacial score (nSPS) is 10.9. The second-order valence-electron chi connectivity index (χ2n) is 2.64. The molecule has 0 unspecified atom stereocenters. The van der Waals surface area contributed by atoms with Crippen molar-refractivity contribution in [2.24, 2.45) is 0 Å². The Bertz CT molecular complexity index is 378. The van der Waals surface area contributed by atoms with Gasteiger partial charge in [-0.15, -0.1) is 0 Å². The summed E-state index contributed by atoms with van der Waals surface area (Å²) in [5.74, 6) is 0. The molecule has 0 aromatic carbocycles. The van der Waals surface area contributed by atoms with Crippen molar-refractivity contribution in [2.75, 3.05) is 0 Å². The second kappa shape index (κ2) is 4.65.